The van der Waals surface area contributed by atoms with Crippen molar-refractivity contribution in [1.29, 1.82) is 0 Å². The van der Waals surface area contributed by atoms with Crippen LogP contribution in [0.3, 0.4) is 0 Å². The molecule has 5 nitrogen and oxygen atoms in total. The van der Waals surface area contributed by atoms with Gasteiger partial charge in [0.25, 0.3) is 0 Å². The number of carbonyl (C=O) groups is 1. The Balaban J connectivity index is 1.99. The molecule has 0 aliphatic carbocycles. The van der Waals surface area contributed by atoms with E-state index in [1.807, 2.05) is 6.92 Å². The van der Waals surface area contributed by atoms with Crippen LogP contribution in [-0.2, 0) is 4.74 Å². The molecular weight excluding hydrogens is 360 g/mol. The zero-order chi connectivity index (χ0) is 18.2. The van der Waals surface area contributed by atoms with E-state index in [1.54, 1.807) is 49.6 Å². The van der Waals surface area contributed by atoms with Gasteiger partial charge in [-0.05, 0) is 61.1 Å². The third kappa shape index (κ3) is 5.62. The van der Waals surface area contributed by atoms with Crippen molar-refractivity contribution in [3.8, 4) is 5.75 Å². The lowest BCUT2D eigenvalue weighted by Gasteiger charge is -2.14. The minimum atomic E-state index is -0.335. The molecule has 0 aliphatic rings. The van der Waals surface area contributed by atoms with Crippen molar-refractivity contribution in [2.75, 3.05) is 24.4 Å². The molecule has 0 atom stereocenters. The Labute approximate surface area is 157 Å². The van der Waals surface area contributed by atoms with E-state index < -0.39 is 0 Å². The van der Waals surface area contributed by atoms with Crippen LogP contribution in [0.15, 0.2) is 42.5 Å². The maximum atomic E-state index is 11.8. The SMILES string of the molecule is CCCOC(=O)c1ccc(NC(=S)Nc2cc(Cl)ccc2OC)cc1. The number of nitrogens with one attached hydrogen (secondary N) is 2. The summed E-state index contributed by atoms with van der Waals surface area (Å²) in [4.78, 5) is 11.8. The molecule has 0 saturated carbocycles. The molecule has 2 rings (SSSR count). The predicted octanol–water partition coefficient (Wildman–Crippen LogP) is 4.72. The maximum Gasteiger partial charge on any atom is 0.338 e. The zero-order valence-corrected chi connectivity index (χ0v) is 15.5. The number of hydrogen-bond donors (Lipinski definition) is 2. The van der Waals surface area contributed by atoms with Crippen LogP contribution in [-0.4, -0.2) is 24.8 Å². The Morgan fingerprint density at radius 2 is 1.88 bits per heavy atom. The van der Waals surface area contributed by atoms with E-state index in [1.165, 1.54) is 0 Å². The summed E-state index contributed by atoms with van der Waals surface area (Å²) in [5, 5.41) is 7.02. The number of benzene rings is 2. The molecule has 0 bridgehead atoms. The molecule has 0 amide bonds. The largest absolute Gasteiger partial charge is 0.495 e. The van der Waals surface area contributed by atoms with Crippen LogP contribution in [0.5, 0.6) is 5.75 Å². The summed E-state index contributed by atoms with van der Waals surface area (Å²) in [5.74, 6) is 0.292. The second-order valence-electron chi connectivity index (χ2n) is 5.14. The van der Waals surface area contributed by atoms with Gasteiger partial charge in [-0.25, -0.2) is 4.79 Å². The quantitative estimate of drug-likeness (QED) is 0.560. The van der Waals surface area contributed by atoms with Crippen molar-refractivity contribution in [2.24, 2.45) is 0 Å². The third-order valence-electron chi connectivity index (χ3n) is 3.23. The van der Waals surface area contributed by atoms with Gasteiger partial charge in [0.05, 0.1) is 25.0 Å². The first-order valence-electron chi connectivity index (χ1n) is 7.72. The number of esters is 1. The highest BCUT2D eigenvalue weighted by Crippen LogP contribution is 2.27. The molecule has 25 heavy (non-hydrogen) atoms. The number of halogens is 1. The number of hydrogen-bond acceptors (Lipinski definition) is 4. The Morgan fingerprint density at radius 3 is 2.52 bits per heavy atom. The predicted molar refractivity (Wildman–Crippen MR) is 105 cm³/mol. The van der Waals surface area contributed by atoms with Gasteiger partial charge in [-0.1, -0.05) is 18.5 Å². The highest BCUT2D eigenvalue weighted by molar-refractivity contribution is 7.80. The van der Waals surface area contributed by atoms with Gasteiger partial charge in [-0.3, -0.25) is 0 Å². The topological polar surface area (TPSA) is 59.6 Å². The zero-order valence-electron chi connectivity index (χ0n) is 14.0. The highest BCUT2D eigenvalue weighted by Gasteiger charge is 2.08. The average Bonchev–Trinajstić information content (AvgIpc) is 2.60. The molecule has 0 unspecified atom stereocenters. The fourth-order valence-corrected chi connectivity index (χ4v) is 2.43. The summed E-state index contributed by atoms with van der Waals surface area (Å²) >= 11 is 11.3. The lowest BCUT2D eigenvalue weighted by Crippen LogP contribution is -2.19. The third-order valence-corrected chi connectivity index (χ3v) is 3.66. The Kier molecular flexibility index (Phi) is 7.03. The van der Waals surface area contributed by atoms with Gasteiger partial charge >= 0.3 is 5.97 Å². The van der Waals surface area contributed by atoms with Gasteiger partial charge in [0.15, 0.2) is 5.11 Å². The van der Waals surface area contributed by atoms with Crippen LogP contribution in [0.4, 0.5) is 11.4 Å². The van der Waals surface area contributed by atoms with Gasteiger partial charge in [0.1, 0.15) is 5.75 Å². The Hall–Kier alpha value is -2.31. The van der Waals surface area contributed by atoms with E-state index in [9.17, 15) is 4.79 Å². The number of anilines is 2. The minimum absolute atomic E-state index is 0.335. The molecule has 0 fully saturated rings. The van der Waals surface area contributed by atoms with Crippen molar-refractivity contribution in [3.63, 3.8) is 0 Å². The second-order valence-corrected chi connectivity index (χ2v) is 5.98. The molecule has 0 radical (unpaired) electrons. The van der Waals surface area contributed by atoms with Gasteiger partial charge in [0, 0.05) is 10.7 Å². The van der Waals surface area contributed by atoms with Crippen molar-refractivity contribution < 1.29 is 14.3 Å². The molecule has 0 aliphatic heterocycles. The second kappa shape index (κ2) is 9.25. The summed E-state index contributed by atoms with van der Waals surface area (Å²) in [6.45, 7) is 2.36. The minimum Gasteiger partial charge on any atom is -0.495 e. The van der Waals surface area contributed by atoms with Gasteiger partial charge in [-0.15, -0.1) is 0 Å². The summed E-state index contributed by atoms with van der Waals surface area (Å²) < 4.78 is 10.4. The van der Waals surface area contributed by atoms with Gasteiger partial charge in [0.2, 0.25) is 0 Å². The smallest absolute Gasteiger partial charge is 0.338 e. The molecule has 2 N–H and O–H groups in total. The number of rotatable bonds is 6. The van der Waals surface area contributed by atoms with E-state index in [-0.39, 0.29) is 5.97 Å². The molecule has 7 heteroatoms. The standard InChI is InChI=1S/C18H19ClN2O3S/c1-3-10-24-17(22)12-4-7-14(8-5-12)20-18(25)21-15-11-13(19)6-9-16(15)23-2/h4-9,11H,3,10H2,1-2H3,(H2,20,21,25). The Morgan fingerprint density at radius 1 is 1.16 bits per heavy atom. The molecule has 0 heterocycles. The fraction of sp³-hybridized carbons (Fsp3) is 0.222. The van der Waals surface area contributed by atoms with E-state index in [0.29, 0.717) is 33.7 Å². The summed E-state index contributed by atoms with van der Waals surface area (Å²) in [5.41, 5.74) is 1.90. The Bertz CT molecular complexity index is 750. The van der Waals surface area contributed by atoms with Crippen LogP contribution in [0.1, 0.15) is 23.7 Å². The molecule has 0 aromatic heterocycles. The lowest BCUT2D eigenvalue weighted by atomic mass is 10.2. The lowest BCUT2D eigenvalue weighted by molar-refractivity contribution is 0.0505. The van der Waals surface area contributed by atoms with Crippen LogP contribution >= 0.6 is 23.8 Å². The van der Waals surface area contributed by atoms with Crippen molar-refractivity contribution in [1.82, 2.24) is 0 Å². The molecule has 2 aromatic carbocycles. The van der Waals surface area contributed by atoms with E-state index in [2.05, 4.69) is 10.6 Å². The number of ether oxygens (including phenoxy) is 2. The number of carbonyl (C=O) groups excluding carboxylic acids is 1. The monoisotopic (exact) mass is 378 g/mol. The molecular formula is C18H19ClN2O3S. The van der Waals surface area contributed by atoms with E-state index >= 15 is 0 Å². The van der Waals surface area contributed by atoms with Crippen LogP contribution in [0.2, 0.25) is 5.02 Å². The van der Waals surface area contributed by atoms with Crippen molar-refractivity contribution >= 4 is 46.3 Å². The fourth-order valence-electron chi connectivity index (χ4n) is 2.03. The van der Waals surface area contributed by atoms with Crippen molar-refractivity contribution in [2.45, 2.75) is 13.3 Å². The van der Waals surface area contributed by atoms with Gasteiger partial charge in [-0.2, -0.15) is 0 Å². The summed E-state index contributed by atoms with van der Waals surface area (Å²) in [6, 6.07) is 12.1. The first kappa shape index (κ1) is 19.0. The highest BCUT2D eigenvalue weighted by atomic mass is 35.5. The van der Waals surface area contributed by atoms with E-state index in [4.69, 9.17) is 33.3 Å². The normalized spacial score (nSPS) is 10.0. The molecule has 0 saturated heterocycles. The molecule has 2 aromatic rings. The van der Waals surface area contributed by atoms with Crippen LogP contribution < -0.4 is 15.4 Å². The maximum absolute atomic E-state index is 11.8. The van der Waals surface area contributed by atoms with Crippen molar-refractivity contribution in [3.05, 3.63) is 53.1 Å². The summed E-state index contributed by atoms with van der Waals surface area (Å²) in [6.07, 6.45) is 0.790. The summed E-state index contributed by atoms with van der Waals surface area (Å²) in [7, 11) is 1.57. The van der Waals surface area contributed by atoms with Crippen LogP contribution in [0.25, 0.3) is 0 Å². The van der Waals surface area contributed by atoms with E-state index in [0.717, 1.165) is 12.1 Å². The first-order chi connectivity index (χ1) is 12.0. The molecule has 132 valence electrons. The average molecular weight is 379 g/mol. The molecule has 0 spiro atoms. The van der Waals surface area contributed by atoms with Gasteiger partial charge < -0.3 is 20.1 Å². The number of methoxy groups -OCH3 is 1. The van der Waals surface area contributed by atoms with Crippen LogP contribution in [0, 0.1) is 0 Å². The first-order valence-corrected chi connectivity index (χ1v) is 8.51. The number of thiocarbonyl (C=S) groups is 1.